The van der Waals surface area contributed by atoms with Crippen molar-refractivity contribution in [2.24, 2.45) is 0 Å². The van der Waals surface area contributed by atoms with Crippen LogP contribution in [0.5, 0.6) is 0 Å². The molecule has 0 saturated carbocycles. The zero-order valence-corrected chi connectivity index (χ0v) is 9.77. The summed E-state index contributed by atoms with van der Waals surface area (Å²) in [5, 5.41) is 9.25. The van der Waals surface area contributed by atoms with Gasteiger partial charge in [-0.3, -0.25) is 0 Å². The van der Waals surface area contributed by atoms with Crippen molar-refractivity contribution in [1.29, 1.82) is 5.26 Å². The Labute approximate surface area is 94.3 Å². The zero-order valence-electron chi connectivity index (χ0n) is 8.96. The number of hydrogen-bond acceptors (Lipinski definition) is 2. The highest BCUT2D eigenvalue weighted by molar-refractivity contribution is 7.99. The van der Waals surface area contributed by atoms with Crippen molar-refractivity contribution in [3.8, 4) is 6.07 Å². The van der Waals surface area contributed by atoms with Gasteiger partial charge < -0.3 is 0 Å². The van der Waals surface area contributed by atoms with Crippen molar-refractivity contribution in [1.82, 2.24) is 0 Å². The number of benzene rings is 1. The van der Waals surface area contributed by atoms with Crippen molar-refractivity contribution < 1.29 is 4.39 Å². The number of halogens is 1. The molecule has 80 valence electrons. The lowest BCUT2D eigenvalue weighted by molar-refractivity contribution is 0.626. The lowest BCUT2D eigenvalue weighted by Crippen LogP contribution is -1.94. The van der Waals surface area contributed by atoms with Gasteiger partial charge in [-0.2, -0.15) is 17.0 Å². The van der Waals surface area contributed by atoms with Crippen LogP contribution in [0.2, 0.25) is 0 Å². The summed E-state index contributed by atoms with van der Waals surface area (Å²) >= 11 is 1.78. The second-order valence-corrected chi connectivity index (χ2v) is 4.92. The third-order valence-corrected chi connectivity index (χ3v) is 3.60. The van der Waals surface area contributed by atoms with Crippen LogP contribution in [0.3, 0.4) is 0 Å². The first kappa shape index (κ1) is 12.1. The summed E-state index contributed by atoms with van der Waals surface area (Å²) in [6.45, 7) is 4.28. The molecule has 0 saturated heterocycles. The zero-order chi connectivity index (χ0) is 11.3. The molecule has 0 radical (unpaired) electrons. The van der Waals surface area contributed by atoms with Crippen LogP contribution in [0.15, 0.2) is 18.2 Å². The molecule has 0 aromatic heterocycles. The Morgan fingerprint density at radius 3 is 2.80 bits per heavy atom. The van der Waals surface area contributed by atoms with E-state index in [-0.39, 0.29) is 5.82 Å². The minimum Gasteiger partial charge on any atom is -0.207 e. The Morgan fingerprint density at radius 1 is 1.47 bits per heavy atom. The third-order valence-electron chi connectivity index (χ3n) is 2.20. The van der Waals surface area contributed by atoms with Gasteiger partial charge in [0.2, 0.25) is 0 Å². The van der Waals surface area contributed by atoms with Gasteiger partial charge in [-0.05, 0) is 30.2 Å². The SMILES string of the molecule is CCC(C)SCc1cc(F)cc(C#N)c1. The summed E-state index contributed by atoms with van der Waals surface area (Å²) in [5.74, 6) is 0.440. The molecule has 0 aliphatic heterocycles. The lowest BCUT2D eigenvalue weighted by Gasteiger charge is -2.08. The molecule has 0 aliphatic carbocycles. The van der Waals surface area contributed by atoms with Crippen molar-refractivity contribution >= 4 is 11.8 Å². The maximum Gasteiger partial charge on any atom is 0.124 e. The molecule has 1 atom stereocenters. The van der Waals surface area contributed by atoms with Crippen LogP contribution in [0.4, 0.5) is 4.39 Å². The van der Waals surface area contributed by atoms with Gasteiger partial charge >= 0.3 is 0 Å². The number of thioether (sulfide) groups is 1. The maximum atomic E-state index is 13.1. The number of hydrogen-bond donors (Lipinski definition) is 0. The van der Waals surface area contributed by atoms with Crippen LogP contribution in [0.25, 0.3) is 0 Å². The van der Waals surface area contributed by atoms with Gasteiger partial charge in [0.25, 0.3) is 0 Å². The van der Waals surface area contributed by atoms with E-state index >= 15 is 0 Å². The summed E-state index contributed by atoms with van der Waals surface area (Å²) in [6.07, 6.45) is 1.10. The van der Waals surface area contributed by atoms with Crippen LogP contribution in [-0.4, -0.2) is 5.25 Å². The smallest absolute Gasteiger partial charge is 0.124 e. The highest BCUT2D eigenvalue weighted by atomic mass is 32.2. The molecule has 1 unspecified atom stereocenters. The van der Waals surface area contributed by atoms with Crippen molar-refractivity contribution in [3.05, 3.63) is 35.1 Å². The fraction of sp³-hybridized carbons (Fsp3) is 0.417. The molecule has 1 rings (SSSR count). The van der Waals surface area contributed by atoms with Crippen LogP contribution in [0, 0.1) is 17.1 Å². The first-order valence-electron chi connectivity index (χ1n) is 4.97. The summed E-state index contributed by atoms with van der Waals surface area (Å²) < 4.78 is 13.1. The maximum absolute atomic E-state index is 13.1. The Kier molecular flexibility index (Phi) is 4.64. The molecule has 3 heteroatoms. The monoisotopic (exact) mass is 223 g/mol. The average molecular weight is 223 g/mol. The minimum absolute atomic E-state index is 0.325. The van der Waals surface area contributed by atoms with Gasteiger partial charge in [0.15, 0.2) is 0 Å². The highest BCUT2D eigenvalue weighted by Crippen LogP contribution is 2.21. The van der Waals surface area contributed by atoms with Gasteiger partial charge in [-0.1, -0.05) is 13.8 Å². The fourth-order valence-corrected chi connectivity index (χ4v) is 2.03. The van der Waals surface area contributed by atoms with E-state index in [1.54, 1.807) is 17.8 Å². The van der Waals surface area contributed by atoms with Gasteiger partial charge in [-0.25, -0.2) is 4.39 Å². The van der Waals surface area contributed by atoms with E-state index < -0.39 is 0 Å². The first-order chi connectivity index (χ1) is 7.15. The van der Waals surface area contributed by atoms with Crippen molar-refractivity contribution in [3.63, 3.8) is 0 Å². The summed E-state index contributed by atoms with van der Waals surface area (Å²) in [6, 6.07) is 6.47. The molecule has 0 fully saturated rings. The Balaban J connectivity index is 2.69. The number of nitriles is 1. The standard InChI is InChI=1S/C12H14FNS/c1-3-9(2)15-8-11-4-10(7-14)5-12(13)6-11/h4-6,9H,3,8H2,1-2H3. The summed E-state index contributed by atoms with van der Waals surface area (Å²) in [5.41, 5.74) is 1.28. The minimum atomic E-state index is -0.325. The van der Waals surface area contributed by atoms with Crippen LogP contribution in [-0.2, 0) is 5.75 Å². The van der Waals surface area contributed by atoms with Crippen molar-refractivity contribution in [2.75, 3.05) is 0 Å². The lowest BCUT2D eigenvalue weighted by atomic mass is 10.1. The molecule has 0 heterocycles. The quantitative estimate of drug-likeness (QED) is 0.776. The van der Waals surface area contributed by atoms with E-state index in [0.717, 1.165) is 17.7 Å². The van der Waals surface area contributed by atoms with Crippen LogP contribution in [0.1, 0.15) is 31.4 Å². The predicted molar refractivity (Wildman–Crippen MR) is 62.2 cm³/mol. The van der Waals surface area contributed by atoms with Crippen molar-refractivity contribution in [2.45, 2.75) is 31.3 Å². The van der Waals surface area contributed by atoms with E-state index in [2.05, 4.69) is 13.8 Å². The predicted octanol–water partition coefficient (Wildman–Crippen LogP) is 3.73. The Bertz CT molecular complexity index is 370. The van der Waals surface area contributed by atoms with Crippen LogP contribution < -0.4 is 0 Å². The molecule has 0 N–H and O–H groups in total. The molecule has 1 nitrogen and oxygen atoms in total. The molecule has 0 amide bonds. The molecule has 0 bridgehead atoms. The third kappa shape index (κ3) is 3.93. The van der Waals surface area contributed by atoms with Gasteiger partial charge in [0, 0.05) is 11.0 Å². The van der Waals surface area contributed by atoms with Gasteiger partial charge in [0.1, 0.15) is 5.82 Å². The van der Waals surface area contributed by atoms with Crippen LogP contribution >= 0.6 is 11.8 Å². The van der Waals surface area contributed by atoms with E-state index in [1.165, 1.54) is 12.1 Å². The summed E-state index contributed by atoms with van der Waals surface area (Å²) in [7, 11) is 0. The summed E-state index contributed by atoms with van der Waals surface area (Å²) in [4.78, 5) is 0. The second kappa shape index (κ2) is 5.77. The molecular formula is C12H14FNS. The van der Waals surface area contributed by atoms with Gasteiger partial charge in [0.05, 0.1) is 11.6 Å². The average Bonchev–Trinajstić information content (AvgIpc) is 2.25. The highest BCUT2D eigenvalue weighted by Gasteiger charge is 2.03. The van der Waals surface area contributed by atoms with E-state index in [0.29, 0.717) is 10.8 Å². The number of rotatable bonds is 4. The molecule has 0 spiro atoms. The van der Waals surface area contributed by atoms with E-state index in [9.17, 15) is 4.39 Å². The van der Waals surface area contributed by atoms with E-state index in [1.807, 2.05) is 6.07 Å². The molecular weight excluding hydrogens is 209 g/mol. The Morgan fingerprint density at radius 2 is 2.20 bits per heavy atom. The number of nitrogens with zero attached hydrogens (tertiary/aromatic N) is 1. The van der Waals surface area contributed by atoms with Gasteiger partial charge in [-0.15, -0.1) is 0 Å². The molecule has 1 aromatic rings. The normalized spacial score (nSPS) is 12.1. The fourth-order valence-electron chi connectivity index (χ4n) is 1.15. The topological polar surface area (TPSA) is 23.8 Å². The molecule has 15 heavy (non-hydrogen) atoms. The largest absolute Gasteiger partial charge is 0.207 e. The molecule has 1 aromatic carbocycles. The Hall–Kier alpha value is -1.01. The second-order valence-electron chi connectivity index (χ2n) is 3.49. The van der Waals surface area contributed by atoms with E-state index in [4.69, 9.17) is 5.26 Å². The first-order valence-corrected chi connectivity index (χ1v) is 6.01. The molecule has 0 aliphatic rings.